The Hall–Kier alpha value is 0.394. The van der Waals surface area contributed by atoms with E-state index in [0.717, 1.165) is 12.8 Å². The third-order valence-electron chi connectivity index (χ3n) is 3.15. The van der Waals surface area contributed by atoms with Gasteiger partial charge in [0.25, 0.3) is 0 Å². The largest absolute Gasteiger partial charge is 1.00 e. The molecule has 1 aromatic carbocycles. The van der Waals surface area contributed by atoms with Crippen LogP contribution in [-0.4, -0.2) is 22.2 Å². The Morgan fingerprint density at radius 1 is 1.10 bits per heavy atom. The Labute approximate surface area is 176 Å². The van der Waals surface area contributed by atoms with Crippen molar-refractivity contribution >= 4 is 11.9 Å². The van der Waals surface area contributed by atoms with Gasteiger partial charge in [-0.25, -0.2) is 0 Å². The quantitative estimate of drug-likeness (QED) is 0.318. The maximum Gasteiger partial charge on any atom is 1.00 e. The normalized spacial score (nSPS) is 10.1. The number of rotatable bonds is 7. The Morgan fingerprint density at radius 3 is 2.00 bits per heavy atom. The second-order valence-corrected chi connectivity index (χ2v) is 4.34. The fourth-order valence-electron chi connectivity index (χ4n) is 2.06. The molecule has 2 N–H and O–H groups in total. The summed E-state index contributed by atoms with van der Waals surface area (Å²) in [6.45, 7) is 1.99. The first-order valence-electron chi connectivity index (χ1n) is 6.08. The number of hydrogen-bond donors (Lipinski definition) is 2. The van der Waals surface area contributed by atoms with Crippen LogP contribution >= 0.6 is 0 Å². The number of carboxylic acid groups (broad SMARTS) is 2. The molecule has 4 nitrogen and oxygen atoms in total. The van der Waals surface area contributed by atoms with Crippen LogP contribution in [0.2, 0.25) is 0 Å². The van der Waals surface area contributed by atoms with Crippen LogP contribution in [0.4, 0.5) is 0 Å². The van der Waals surface area contributed by atoms with E-state index in [1.807, 2.05) is 6.92 Å². The molecular weight excluding hydrogens is 278 g/mol. The number of benzene rings is 1. The van der Waals surface area contributed by atoms with Crippen molar-refractivity contribution in [3.05, 3.63) is 35.9 Å². The zero-order valence-corrected chi connectivity index (χ0v) is 15.5. The van der Waals surface area contributed by atoms with Gasteiger partial charge in [-0.15, -0.1) is 0 Å². The first-order valence-corrected chi connectivity index (χ1v) is 6.08. The van der Waals surface area contributed by atoms with E-state index in [4.69, 9.17) is 0 Å². The molecule has 0 radical (unpaired) electrons. The van der Waals surface area contributed by atoms with E-state index in [-0.39, 0.29) is 79.5 Å². The molecule has 0 unspecified atom stereocenters. The Balaban J connectivity index is -0.000000405. The summed E-state index contributed by atoms with van der Waals surface area (Å²) in [5.41, 5.74) is -1.49. The van der Waals surface area contributed by atoms with Crippen LogP contribution in [0.5, 0.6) is 0 Å². The van der Waals surface area contributed by atoms with Crippen molar-refractivity contribution in [2.75, 3.05) is 0 Å². The number of hydrogen-bond acceptors (Lipinski definition) is 2. The van der Waals surface area contributed by atoms with Gasteiger partial charge in [-0.1, -0.05) is 56.5 Å². The summed E-state index contributed by atoms with van der Waals surface area (Å²) in [5, 5.41) is 18.7. The maximum atomic E-state index is 11.5. The molecular formula is C14H20KLiO4. The van der Waals surface area contributed by atoms with Crippen molar-refractivity contribution < 1.29 is 92.9 Å². The third-order valence-corrected chi connectivity index (χ3v) is 3.15. The van der Waals surface area contributed by atoms with Gasteiger partial charge in [-0.05, 0) is 12.0 Å². The average Bonchev–Trinajstić information content (AvgIpc) is 2.35. The van der Waals surface area contributed by atoms with E-state index < -0.39 is 17.4 Å². The molecule has 0 spiro atoms. The van der Waals surface area contributed by atoms with Crippen LogP contribution in [0.25, 0.3) is 0 Å². The summed E-state index contributed by atoms with van der Waals surface area (Å²) in [6.07, 6.45) is 2.46. The first kappa shape index (κ1) is 22.7. The summed E-state index contributed by atoms with van der Waals surface area (Å²) in [7, 11) is 0. The van der Waals surface area contributed by atoms with Gasteiger partial charge in [0, 0.05) is 0 Å². The van der Waals surface area contributed by atoms with Crippen LogP contribution in [0, 0.1) is 0 Å². The molecule has 102 valence electrons. The third kappa shape index (κ3) is 5.30. The molecule has 0 bridgehead atoms. The second-order valence-electron chi connectivity index (χ2n) is 4.34. The smallest absolute Gasteiger partial charge is 1.00 e. The standard InChI is InChI=1S/C14H18O4.K.Li.2H/c1-2-3-7-10-14(12(15)16,13(17)18)11-8-5-4-6-9-11;;;;/h4-6,8-9H,2-3,7,10H2,1H3,(H,15,16)(H,17,18);;;;/q;2*+1;2*-1. The van der Waals surface area contributed by atoms with E-state index >= 15 is 0 Å². The van der Waals surface area contributed by atoms with Gasteiger partial charge < -0.3 is 13.1 Å². The fraction of sp³-hybridized carbons (Fsp3) is 0.429. The molecule has 0 amide bonds. The molecule has 0 aliphatic heterocycles. The van der Waals surface area contributed by atoms with Crippen molar-refractivity contribution in [1.82, 2.24) is 0 Å². The van der Waals surface area contributed by atoms with Crippen molar-refractivity contribution in [1.29, 1.82) is 0 Å². The van der Waals surface area contributed by atoms with Gasteiger partial charge in [-0.2, -0.15) is 0 Å². The molecule has 1 aromatic rings. The fourth-order valence-corrected chi connectivity index (χ4v) is 2.06. The molecule has 0 saturated carbocycles. The van der Waals surface area contributed by atoms with Crippen molar-refractivity contribution in [2.45, 2.75) is 38.0 Å². The Morgan fingerprint density at radius 2 is 1.60 bits per heavy atom. The molecule has 0 saturated heterocycles. The summed E-state index contributed by atoms with van der Waals surface area (Å²) in [6, 6.07) is 8.19. The van der Waals surface area contributed by atoms with Crippen LogP contribution < -0.4 is 70.2 Å². The van der Waals surface area contributed by atoms with Gasteiger partial charge in [0.1, 0.15) is 0 Å². The summed E-state index contributed by atoms with van der Waals surface area (Å²) in [4.78, 5) is 23.0. The van der Waals surface area contributed by atoms with E-state index in [9.17, 15) is 19.8 Å². The average molecular weight is 298 g/mol. The zero-order valence-electron chi connectivity index (χ0n) is 14.4. The van der Waals surface area contributed by atoms with Gasteiger partial charge in [0.15, 0.2) is 5.41 Å². The Bertz CT molecular complexity index is 418. The minimum absolute atomic E-state index is 0. The van der Waals surface area contributed by atoms with Gasteiger partial charge in [0.2, 0.25) is 0 Å². The van der Waals surface area contributed by atoms with E-state index in [0.29, 0.717) is 12.0 Å². The number of unbranched alkanes of at least 4 members (excludes halogenated alkanes) is 2. The molecule has 0 fully saturated rings. The minimum atomic E-state index is -1.82. The van der Waals surface area contributed by atoms with Crippen molar-refractivity contribution in [2.24, 2.45) is 0 Å². The van der Waals surface area contributed by atoms with E-state index in [1.165, 1.54) is 0 Å². The van der Waals surface area contributed by atoms with E-state index in [2.05, 4.69) is 0 Å². The second kappa shape index (κ2) is 11.0. The molecule has 0 aliphatic carbocycles. The zero-order chi connectivity index (χ0) is 13.6. The SMILES string of the molecule is CCCCCC(C(=O)O)(C(=O)O)c1ccccc1.[H-].[H-].[K+].[Li+]. The minimum Gasteiger partial charge on any atom is -1.00 e. The molecule has 1 rings (SSSR count). The molecule has 0 aromatic heterocycles. The summed E-state index contributed by atoms with van der Waals surface area (Å²) >= 11 is 0. The van der Waals surface area contributed by atoms with Crippen LogP contribution in [0.1, 0.15) is 41.0 Å². The van der Waals surface area contributed by atoms with Crippen LogP contribution in [0.3, 0.4) is 0 Å². The first-order chi connectivity index (χ1) is 8.55. The van der Waals surface area contributed by atoms with Crippen molar-refractivity contribution in [3.8, 4) is 0 Å². The van der Waals surface area contributed by atoms with Gasteiger partial charge >= 0.3 is 82.2 Å². The van der Waals surface area contributed by atoms with E-state index in [1.54, 1.807) is 30.3 Å². The van der Waals surface area contributed by atoms with Crippen LogP contribution in [0.15, 0.2) is 30.3 Å². The molecule has 0 atom stereocenters. The topological polar surface area (TPSA) is 74.6 Å². The van der Waals surface area contributed by atoms with Crippen molar-refractivity contribution in [3.63, 3.8) is 0 Å². The predicted octanol–water partition coefficient (Wildman–Crippen LogP) is -3.09. The molecule has 0 aliphatic rings. The Kier molecular flexibility index (Phi) is 12.5. The van der Waals surface area contributed by atoms with Gasteiger partial charge in [-0.3, -0.25) is 9.59 Å². The number of carbonyl (C=O) groups is 2. The monoisotopic (exact) mass is 298 g/mol. The summed E-state index contributed by atoms with van der Waals surface area (Å²) < 4.78 is 0. The predicted molar refractivity (Wildman–Crippen MR) is 69.8 cm³/mol. The number of carboxylic acids is 2. The number of aliphatic carboxylic acids is 2. The van der Waals surface area contributed by atoms with Crippen LogP contribution in [-0.2, 0) is 15.0 Å². The summed E-state index contributed by atoms with van der Waals surface area (Å²) in [5.74, 6) is -2.59. The molecule has 20 heavy (non-hydrogen) atoms. The molecule has 0 heterocycles. The van der Waals surface area contributed by atoms with Gasteiger partial charge in [0.05, 0.1) is 0 Å². The molecule has 6 heteroatoms. The maximum absolute atomic E-state index is 11.5.